The molecule has 0 radical (unpaired) electrons. The molecule has 19 heavy (non-hydrogen) atoms. The van der Waals surface area contributed by atoms with Crippen LogP contribution in [0.5, 0.6) is 0 Å². The Morgan fingerprint density at radius 2 is 1.89 bits per heavy atom. The topological polar surface area (TPSA) is 37.3 Å². The third-order valence-corrected chi connectivity index (χ3v) is 3.73. The Labute approximate surface area is 118 Å². The summed E-state index contributed by atoms with van der Waals surface area (Å²) in [7, 11) is 0. The van der Waals surface area contributed by atoms with Crippen molar-refractivity contribution in [3.05, 3.63) is 35.7 Å². The highest BCUT2D eigenvalue weighted by Crippen LogP contribution is 2.25. The fourth-order valence-electron chi connectivity index (χ4n) is 1.37. The highest BCUT2D eigenvalue weighted by molar-refractivity contribution is 7.14. The molecule has 1 aromatic heterocycles. The predicted molar refractivity (Wildman–Crippen MR) is 83.7 cm³/mol. The van der Waals surface area contributed by atoms with Gasteiger partial charge >= 0.3 is 0 Å². The largest absolute Gasteiger partial charge is 0.253 e. The number of thiazole rings is 1. The molecule has 0 spiro atoms. The molecule has 0 unspecified atom stereocenters. The SMILES string of the molecule is C/C(=N/Nc1nc(-c2ccccc2)cs1)C(C)(C)C. The van der Waals surface area contributed by atoms with Gasteiger partial charge in [-0.05, 0) is 6.92 Å². The minimum absolute atomic E-state index is 0.0759. The van der Waals surface area contributed by atoms with Crippen molar-refractivity contribution in [2.24, 2.45) is 10.5 Å². The quantitative estimate of drug-likeness (QED) is 0.653. The Morgan fingerprint density at radius 3 is 2.53 bits per heavy atom. The van der Waals surface area contributed by atoms with Gasteiger partial charge in [-0.2, -0.15) is 5.10 Å². The lowest BCUT2D eigenvalue weighted by Crippen LogP contribution is -2.18. The van der Waals surface area contributed by atoms with Gasteiger partial charge in [0.2, 0.25) is 5.13 Å². The third kappa shape index (κ3) is 3.64. The van der Waals surface area contributed by atoms with E-state index in [4.69, 9.17) is 0 Å². The first kappa shape index (κ1) is 13.7. The van der Waals surface area contributed by atoms with Crippen molar-refractivity contribution in [3.63, 3.8) is 0 Å². The van der Waals surface area contributed by atoms with Gasteiger partial charge in [0.25, 0.3) is 0 Å². The Hall–Kier alpha value is -1.68. The number of benzene rings is 1. The second-order valence-corrected chi connectivity index (χ2v) is 6.32. The lowest BCUT2D eigenvalue weighted by molar-refractivity contribution is 0.587. The summed E-state index contributed by atoms with van der Waals surface area (Å²) in [6.45, 7) is 8.46. The van der Waals surface area contributed by atoms with E-state index < -0.39 is 0 Å². The van der Waals surface area contributed by atoms with Crippen LogP contribution in [0.4, 0.5) is 5.13 Å². The van der Waals surface area contributed by atoms with Crippen molar-refractivity contribution in [3.8, 4) is 11.3 Å². The molecule has 1 aromatic carbocycles. The maximum absolute atomic E-state index is 4.53. The average Bonchev–Trinajstić information content (AvgIpc) is 2.84. The van der Waals surface area contributed by atoms with Crippen molar-refractivity contribution in [1.29, 1.82) is 0 Å². The molecular formula is C15H19N3S. The minimum Gasteiger partial charge on any atom is -0.253 e. The fourth-order valence-corrected chi connectivity index (χ4v) is 2.03. The van der Waals surface area contributed by atoms with Crippen molar-refractivity contribution >= 4 is 22.2 Å². The molecule has 0 aliphatic rings. The maximum Gasteiger partial charge on any atom is 0.203 e. The molecule has 0 bridgehead atoms. The van der Waals surface area contributed by atoms with Gasteiger partial charge in [0.1, 0.15) is 0 Å². The first-order valence-electron chi connectivity index (χ1n) is 6.28. The third-order valence-electron chi connectivity index (χ3n) is 2.98. The van der Waals surface area contributed by atoms with E-state index in [2.05, 4.69) is 48.4 Å². The Bertz CT molecular complexity index is 565. The summed E-state index contributed by atoms with van der Waals surface area (Å²) in [6, 6.07) is 10.2. The second kappa shape index (κ2) is 5.53. The van der Waals surface area contributed by atoms with E-state index in [-0.39, 0.29) is 5.41 Å². The van der Waals surface area contributed by atoms with Gasteiger partial charge in [-0.3, -0.25) is 5.43 Å². The normalized spacial score (nSPS) is 12.5. The van der Waals surface area contributed by atoms with E-state index in [1.165, 1.54) is 0 Å². The molecular weight excluding hydrogens is 254 g/mol. The molecule has 1 N–H and O–H groups in total. The number of nitrogens with one attached hydrogen (secondary N) is 1. The zero-order valence-electron chi connectivity index (χ0n) is 11.8. The van der Waals surface area contributed by atoms with E-state index in [1.807, 2.05) is 30.5 Å². The zero-order chi connectivity index (χ0) is 13.9. The van der Waals surface area contributed by atoms with E-state index in [0.717, 1.165) is 22.1 Å². The zero-order valence-corrected chi connectivity index (χ0v) is 12.6. The number of rotatable bonds is 3. The number of aromatic nitrogens is 1. The second-order valence-electron chi connectivity index (χ2n) is 5.46. The van der Waals surface area contributed by atoms with Crippen LogP contribution < -0.4 is 5.43 Å². The van der Waals surface area contributed by atoms with Crippen molar-refractivity contribution in [2.75, 3.05) is 5.43 Å². The van der Waals surface area contributed by atoms with E-state index >= 15 is 0 Å². The van der Waals surface area contributed by atoms with Crippen LogP contribution in [0.3, 0.4) is 0 Å². The van der Waals surface area contributed by atoms with E-state index in [9.17, 15) is 0 Å². The van der Waals surface area contributed by atoms with Crippen molar-refractivity contribution in [2.45, 2.75) is 27.7 Å². The van der Waals surface area contributed by atoms with Gasteiger partial charge in [-0.25, -0.2) is 4.98 Å². The maximum atomic E-state index is 4.53. The van der Waals surface area contributed by atoms with Gasteiger partial charge in [-0.15, -0.1) is 11.3 Å². The van der Waals surface area contributed by atoms with Crippen LogP contribution in [0.25, 0.3) is 11.3 Å². The van der Waals surface area contributed by atoms with E-state index in [0.29, 0.717) is 0 Å². The number of nitrogens with zero attached hydrogens (tertiary/aromatic N) is 2. The summed E-state index contributed by atoms with van der Waals surface area (Å²) in [5.74, 6) is 0. The molecule has 0 saturated heterocycles. The minimum atomic E-state index is 0.0759. The Balaban J connectivity index is 2.11. The van der Waals surface area contributed by atoms with Gasteiger partial charge < -0.3 is 0 Å². The van der Waals surface area contributed by atoms with Crippen LogP contribution in [0, 0.1) is 5.41 Å². The summed E-state index contributed by atoms with van der Waals surface area (Å²) in [4.78, 5) is 4.53. The van der Waals surface area contributed by atoms with Crippen molar-refractivity contribution < 1.29 is 0 Å². The molecule has 2 rings (SSSR count). The van der Waals surface area contributed by atoms with Crippen molar-refractivity contribution in [1.82, 2.24) is 4.98 Å². The van der Waals surface area contributed by atoms with Crippen LogP contribution >= 0.6 is 11.3 Å². The molecule has 0 atom stereocenters. The Morgan fingerprint density at radius 1 is 1.21 bits per heavy atom. The summed E-state index contributed by atoms with van der Waals surface area (Å²) in [5.41, 5.74) is 6.28. The molecule has 2 aromatic rings. The molecule has 4 heteroatoms. The fraction of sp³-hybridized carbons (Fsp3) is 0.333. The molecule has 0 aliphatic heterocycles. The average molecular weight is 273 g/mol. The van der Waals surface area contributed by atoms with Gasteiger partial charge in [0.15, 0.2) is 0 Å². The molecule has 1 heterocycles. The predicted octanol–water partition coefficient (Wildman–Crippen LogP) is 4.64. The first-order valence-corrected chi connectivity index (χ1v) is 7.16. The first-order chi connectivity index (χ1) is 8.97. The molecule has 0 saturated carbocycles. The van der Waals surface area contributed by atoms with Gasteiger partial charge in [0, 0.05) is 22.1 Å². The molecule has 100 valence electrons. The standard InChI is InChI=1S/C15H19N3S/c1-11(15(2,3)4)17-18-14-16-13(10-19-14)12-8-6-5-7-9-12/h5-10H,1-4H3,(H,16,18)/b17-11-. The lowest BCUT2D eigenvalue weighted by Gasteiger charge is -2.17. The van der Waals surface area contributed by atoms with Crippen LogP contribution in [-0.4, -0.2) is 10.7 Å². The van der Waals surface area contributed by atoms with E-state index in [1.54, 1.807) is 11.3 Å². The number of hydrogen-bond donors (Lipinski definition) is 1. The summed E-state index contributed by atoms with van der Waals surface area (Å²) >= 11 is 1.57. The molecule has 0 aliphatic carbocycles. The summed E-state index contributed by atoms with van der Waals surface area (Å²) < 4.78 is 0. The molecule has 0 amide bonds. The highest BCUT2D eigenvalue weighted by atomic mass is 32.1. The van der Waals surface area contributed by atoms with Gasteiger partial charge in [0.05, 0.1) is 5.69 Å². The monoisotopic (exact) mass is 273 g/mol. The molecule has 0 fully saturated rings. The van der Waals surface area contributed by atoms with Gasteiger partial charge in [-0.1, -0.05) is 51.1 Å². The molecule has 3 nitrogen and oxygen atoms in total. The number of hydrazone groups is 1. The van der Waals surface area contributed by atoms with Crippen LogP contribution in [-0.2, 0) is 0 Å². The summed E-state index contributed by atoms with van der Waals surface area (Å²) in [6.07, 6.45) is 0. The van der Waals surface area contributed by atoms with Crippen LogP contribution in [0.2, 0.25) is 0 Å². The highest BCUT2D eigenvalue weighted by Gasteiger charge is 2.14. The number of hydrogen-bond acceptors (Lipinski definition) is 4. The number of anilines is 1. The van der Waals surface area contributed by atoms with Crippen LogP contribution in [0.1, 0.15) is 27.7 Å². The Kier molecular flexibility index (Phi) is 4.00. The smallest absolute Gasteiger partial charge is 0.203 e. The van der Waals surface area contributed by atoms with Crippen LogP contribution in [0.15, 0.2) is 40.8 Å². The summed E-state index contributed by atoms with van der Waals surface area (Å²) in [5, 5.41) is 7.25. The lowest BCUT2D eigenvalue weighted by atomic mass is 9.91.